The molecule has 29 heavy (non-hydrogen) atoms. The zero-order valence-corrected chi connectivity index (χ0v) is 18.4. The molecule has 6 nitrogen and oxygen atoms in total. The van der Waals surface area contributed by atoms with Gasteiger partial charge < -0.3 is 14.4 Å². The number of carbonyl (C=O) groups is 1. The average molecular weight is 458 g/mol. The molecule has 9 heteroatoms. The van der Waals surface area contributed by atoms with Gasteiger partial charge in [0.15, 0.2) is 21.3 Å². The number of hydrogen-bond acceptors (Lipinski definition) is 5. The Labute approximate surface area is 180 Å². The van der Waals surface area contributed by atoms with Crippen molar-refractivity contribution in [2.75, 3.05) is 25.7 Å². The summed E-state index contributed by atoms with van der Waals surface area (Å²) in [5, 5.41) is 1.04. The molecule has 1 heterocycles. The van der Waals surface area contributed by atoms with Gasteiger partial charge in [-0.15, -0.1) is 0 Å². The van der Waals surface area contributed by atoms with Crippen molar-refractivity contribution in [1.29, 1.82) is 0 Å². The molecule has 0 aromatic heterocycles. The Morgan fingerprint density at radius 2 is 1.93 bits per heavy atom. The quantitative estimate of drug-likeness (QED) is 0.658. The average Bonchev–Trinajstić information content (AvgIpc) is 3.05. The molecule has 0 spiro atoms. The van der Waals surface area contributed by atoms with Crippen LogP contribution < -0.4 is 9.47 Å². The van der Waals surface area contributed by atoms with Crippen LogP contribution in [0.25, 0.3) is 0 Å². The molecule has 1 atom stereocenters. The van der Waals surface area contributed by atoms with E-state index in [-0.39, 0.29) is 30.1 Å². The number of halogens is 2. The molecule has 0 saturated carbocycles. The summed E-state index contributed by atoms with van der Waals surface area (Å²) in [6, 6.07) is 9.69. The van der Waals surface area contributed by atoms with E-state index in [2.05, 4.69) is 0 Å². The number of carbonyl (C=O) groups excluding carboxylic acids is 1. The summed E-state index contributed by atoms with van der Waals surface area (Å²) in [6.07, 6.45) is 0.449. The second kappa shape index (κ2) is 8.81. The van der Waals surface area contributed by atoms with Gasteiger partial charge in [-0.05, 0) is 36.8 Å². The molecule has 1 unspecified atom stereocenters. The van der Waals surface area contributed by atoms with Crippen molar-refractivity contribution in [3.63, 3.8) is 0 Å². The van der Waals surface area contributed by atoms with Crippen LogP contribution in [0.15, 0.2) is 36.4 Å². The molecule has 0 aliphatic carbocycles. The lowest BCUT2D eigenvalue weighted by molar-refractivity contribution is 0.0747. The summed E-state index contributed by atoms with van der Waals surface area (Å²) in [5.74, 6) is 0.695. The van der Waals surface area contributed by atoms with Crippen LogP contribution in [-0.2, 0) is 16.4 Å². The minimum Gasteiger partial charge on any atom is -0.493 e. The molecule has 2 aromatic carbocycles. The maximum Gasteiger partial charge on any atom is 0.254 e. The number of methoxy groups -OCH3 is 1. The molecule has 1 fully saturated rings. The van der Waals surface area contributed by atoms with Crippen LogP contribution >= 0.6 is 23.2 Å². The SMILES string of the molecule is COc1cc(C(=O)N(C)C2CCS(=O)(=O)C2)ccc1OCc1ccc(Cl)cc1Cl. The highest BCUT2D eigenvalue weighted by Gasteiger charge is 2.33. The Morgan fingerprint density at radius 3 is 2.55 bits per heavy atom. The van der Waals surface area contributed by atoms with Crippen molar-refractivity contribution < 1.29 is 22.7 Å². The predicted octanol–water partition coefficient (Wildman–Crippen LogP) is 3.84. The maximum absolute atomic E-state index is 12.8. The van der Waals surface area contributed by atoms with Crippen molar-refractivity contribution in [1.82, 2.24) is 4.90 Å². The third kappa shape index (κ3) is 5.15. The van der Waals surface area contributed by atoms with Crippen LogP contribution in [0.5, 0.6) is 11.5 Å². The zero-order valence-electron chi connectivity index (χ0n) is 16.0. The van der Waals surface area contributed by atoms with Crippen LogP contribution in [0, 0.1) is 0 Å². The van der Waals surface area contributed by atoms with Crippen molar-refractivity contribution in [2.24, 2.45) is 0 Å². The third-order valence-corrected chi connectivity index (χ3v) is 7.22. The van der Waals surface area contributed by atoms with Crippen molar-refractivity contribution in [2.45, 2.75) is 19.1 Å². The Bertz CT molecular complexity index is 1030. The highest BCUT2D eigenvalue weighted by Crippen LogP contribution is 2.31. The number of hydrogen-bond donors (Lipinski definition) is 0. The Morgan fingerprint density at radius 1 is 1.17 bits per heavy atom. The molecule has 0 radical (unpaired) electrons. The number of nitrogens with zero attached hydrogens (tertiary/aromatic N) is 1. The number of amides is 1. The van der Waals surface area contributed by atoms with Crippen molar-refractivity contribution in [3.8, 4) is 11.5 Å². The van der Waals surface area contributed by atoms with Crippen LogP contribution in [0.3, 0.4) is 0 Å². The molecular formula is C20H21Cl2NO5S. The van der Waals surface area contributed by atoms with E-state index in [0.29, 0.717) is 33.5 Å². The second-order valence-corrected chi connectivity index (χ2v) is 9.94. The molecule has 3 rings (SSSR count). The fourth-order valence-corrected chi connectivity index (χ4v) is 5.40. The number of rotatable bonds is 6. The lowest BCUT2D eigenvalue weighted by Crippen LogP contribution is -2.37. The van der Waals surface area contributed by atoms with Gasteiger partial charge in [-0.3, -0.25) is 4.79 Å². The number of sulfone groups is 1. The van der Waals surface area contributed by atoms with E-state index >= 15 is 0 Å². The second-order valence-electron chi connectivity index (χ2n) is 6.86. The number of ether oxygens (including phenoxy) is 2. The van der Waals surface area contributed by atoms with Gasteiger partial charge in [-0.2, -0.15) is 0 Å². The molecule has 1 amide bonds. The van der Waals surface area contributed by atoms with Crippen LogP contribution in [0.4, 0.5) is 0 Å². The van der Waals surface area contributed by atoms with E-state index in [1.807, 2.05) is 0 Å². The molecule has 1 aliphatic rings. The van der Waals surface area contributed by atoms with Gasteiger partial charge in [0.1, 0.15) is 6.61 Å². The monoisotopic (exact) mass is 457 g/mol. The van der Waals surface area contributed by atoms with Crippen LogP contribution in [0.1, 0.15) is 22.3 Å². The predicted molar refractivity (Wildman–Crippen MR) is 113 cm³/mol. The first-order valence-electron chi connectivity index (χ1n) is 8.92. The van der Waals surface area contributed by atoms with Gasteiger partial charge in [-0.25, -0.2) is 8.42 Å². The molecule has 2 aromatic rings. The van der Waals surface area contributed by atoms with Gasteiger partial charge in [-0.1, -0.05) is 29.3 Å². The normalized spacial score (nSPS) is 17.7. The molecular weight excluding hydrogens is 437 g/mol. The summed E-state index contributed by atoms with van der Waals surface area (Å²) in [7, 11) is 0.0301. The van der Waals surface area contributed by atoms with E-state index < -0.39 is 9.84 Å². The fourth-order valence-electron chi connectivity index (χ4n) is 3.16. The van der Waals surface area contributed by atoms with E-state index in [1.54, 1.807) is 43.4 Å². The van der Waals surface area contributed by atoms with Gasteiger partial charge in [0, 0.05) is 34.3 Å². The summed E-state index contributed by atoms with van der Waals surface area (Å²) < 4.78 is 34.5. The first kappa shape index (κ1) is 21.7. The van der Waals surface area contributed by atoms with Gasteiger partial charge in [0.05, 0.1) is 18.6 Å². The van der Waals surface area contributed by atoms with Gasteiger partial charge in [0.2, 0.25) is 0 Å². The molecule has 1 aliphatic heterocycles. The summed E-state index contributed by atoms with van der Waals surface area (Å²) in [4.78, 5) is 14.3. The standard InChI is InChI=1S/C20H21Cl2NO5S/c1-23(16-7-8-29(25,26)12-16)20(24)13-4-6-18(19(9-13)27-2)28-11-14-3-5-15(21)10-17(14)22/h3-6,9-10,16H,7-8,11-12H2,1-2H3. The highest BCUT2D eigenvalue weighted by atomic mass is 35.5. The molecule has 156 valence electrons. The minimum atomic E-state index is -3.07. The molecule has 0 bridgehead atoms. The van der Waals surface area contributed by atoms with E-state index in [0.717, 1.165) is 5.56 Å². The lowest BCUT2D eigenvalue weighted by Gasteiger charge is -2.24. The molecule has 1 saturated heterocycles. The lowest BCUT2D eigenvalue weighted by atomic mass is 10.1. The van der Waals surface area contributed by atoms with Gasteiger partial charge in [0.25, 0.3) is 5.91 Å². The summed E-state index contributed by atoms with van der Waals surface area (Å²) in [6.45, 7) is 0.208. The fraction of sp³-hybridized carbons (Fsp3) is 0.350. The third-order valence-electron chi connectivity index (χ3n) is 4.89. The number of benzene rings is 2. The summed E-state index contributed by atoms with van der Waals surface area (Å²) in [5.41, 5.74) is 1.16. The van der Waals surface area contributed by atoms with Crippen molar-refractivity contribution in [3.05, 3.63) is 57.6 Å². The zero-order chi connectivity index (χ0) is 21.2. The Balaban J connectivity index is 1.73. The largest absolute Gasteiger partial charge is 0.493 e. The van der Waals surface area contributed by atoms with E-state index in [4.69, 9.17) is 32.7 Å². The van der Waals surface area contributed by atoms with E-state index in [9.17, 15) is 13.2 Å². The van der Waals surface area contributed by atoms with Crippen molar-refractivity contribution >= 4 is 38.9 Å². The minimum absolute atomic E-state index is 0.00454. The Hall–Kier alpha value is -1.96. The first-order chi connectivity index (χ1) is 13.7. The van der Waals surface area contributed by atoms with Crippen LogP contribution in [0.2, 0.25) is 10.0 Å². The maximum atomic E-state index is 12.8. The van der Waals surface area contributed by atoms with E-state index in [1.165, 1.54) is 12.0 Å². The summed E-state index contributed by atoms with van der Waals surface area (Å²) >= 11 is 12.1. The first-order valence-corrected chi connectivity index (χ1v) is 11.5. The highest BCUT2D eigenvalue weighted by molar-refractivity contribution is 7.91. The molecule has 0 N–H and O–H groups in total. The van der Waals surface area contributed by atoms with Gasteiger partial charge >= 0.3 is 0 Å². The topological polar surface area (TPSA) is 72.9 Å². The Kier molecular flexibility index (Phi) is 6.61. The smallest absolute Gasteiger partial charge is 0.254 e. The van der Waals surface area contributed by atoms with Crippen LogP contribution in [-0.4, -0.2) is 50.9 Å².